The Bertz CT molecular complexity index is 3170. The summed E-state index contributed by atoms with van der Waals surface area (Å²) in [4.78, 5) is 2.40. The highest BCUT2D eigenvalue weighted by Crippen LogP contribution is 2.48. The lowest BCUT2D eigenvalue weighted by atomic mass is 9.93. The zero-order chi connectivity index (χ0) is 34.9. The maximum atomic E-state index is 6.84. The number of hydrogen-bond acceptors (Lipinski definition) is 3. The highest BCUT2D eigenvalue weighted by molar-refractivity contribution is 7.25. The molecule has 0 unspecified atom stereocenters. The number of furan rings is 1. The molecule has 9 aromatic carbocycles. The van der Waals surface area contributed by atoms with Gasteiger partial charge >= 0.3 is 0 Å². The Balaban J connectivity index is 1.16. The molecule has 0 saturated carbocycles. The van der Waals surface area contributed by atoms with Gasteiger partial charge in [0.2, 0.25) is 0 Å². The van der Waals surface area contributed by atoms with Gasteiger partial charge in [0, 0.05) is 36.9 Å². The lowest BCUT2D eigenvalue weighted by Crippen LogP contribution is -2.10. The van der Waals surface area contributed by atoms with E-state index >= 15 is 0 Å². The normalized spacial score (nSPS) is 11.8. The molecule has 2 aromatic heterocycles. The van der Waals surface area contributed by atoms with Crippen LogP contribution in [0.1, 0.15) is 0 Å². The van der Waals surface area contributed by atoms with Crippen molar-refractivity contribution in [2.45, 2.75) is 0 Å². The zero-order valence-electron chi connectivity index (χ0n) is 28.7. The van der Waals surface area contributed by atoms with Crippen molar-refractivity contribution < 1.29 is 4.42 Å². The summed E-state index contributed by atoms with van der Waals surface area (Å²) >= 11 is 1.85. The van der Waals surface area contributed by atoms with Gasteiger partial charge in [-0.05, 0) is 98.4 Å². The van der Waals surface area contributed by atoms with Gasteiger partial charge in [-0.25, -0.2) is 0 Å². The zero-order valence-corrected chi connectivity index (χ0v) is 29.5. The van der Waals surface area contributed by atoms with E-state index in [4.69, 9.17) is 4.42 Å². The molecule has 2 nitrogen and oxygen atoms in total. The average Bonchev–Trinajstić information content (AvgIpc) is 3.80. The van der Waals surface area contributed by atoms with Crippen LogP contribution < -0.4 is 4.90 Å². The monoisotopic (exact) mass is 693 g/mol. The van der Waals surface area contributed by atoms with E-state index < -0.39 is 0 Å². The number of rotatable bonds is 5. The van der Waals surface area contributed by atoms with Gasteiger partial charge in [0.15, 0.2) is 0 Å². The fourth-order valence-corrected chi connectivity index (χ4v) is 9.30. The summed E-state index contributed by atoms with van der Waals surface area (Å²) in [5.41, 5.74) is 9.77. The molecular weight excluding hydrogens is 663 g/mol. The average molecular weight is 694 g/mol. The summed E-state index contributed by atoms with van der Waals surface area (Å²) in [5, 5.41) is 9.67. The Morgan fingerprint density at radius 2 is 1.06 bits per heavy atom. The molecular formula is C50H31NOS. The van der Waals surface area contributed by atoms with Crippen molar-refractivity contribution in [3.8, 4) is 22.3 Å². The van der Waals surface area contributed by atoms with E-state index in [1.54, 1.807) is 0 Å². The van der Waals surface area contributed by atoms with Crippen molar-refractivity contribution in [1.29, 1.82) is 0 Å². The SMILES string of the molecule is c1ccc(-c2ccc(N(c3ccc4c(c3)sc3ccccc34)c3cccc4oc5cc(-c6ccc7ccccc7c6)c6ccccc6c5c34)cc2)cc1. The molecule has 0 aliphatic carbocycles. The Morgan fingerprint density at radius 1 is 0.377 bits per heavy atom. The van der Waals surface area contributed by atoms with E-state index in [-0.39, 0.29) is 0 Å². The highest BCUT2D eigenvalue weighted by atomic mass is 32.1. The van der Waals surface area contributed by atoms with Crippen LogP contribution in [-0.2, 0) is 0 Å². The molecule has 11 aromatic rings. The molecule has 248 valence electrons. The molecule has 0 fully saturated rings. The second-order valence-corrected chi connectivity index (χ2v) is 14.8. The second kappa shape index (κ2) is 11.9. The molecule has 0 spiro atoms. The molecule has 0 aliphatic heterocycles. The van der Waals surface area contributed by atoms with E-state index in [2.05, 4.69) is 193 Å². The quantitative estimate of drug-likeness (QED) is 0.178. The third-order valence-corrected chi connectivity index (χ3v) is 11.8. The first-order valence-electron chi connectivity index (χ1n) is 18.0. The number of anilines is 3. The fourth-order valence-electron chi connectivity index (χ4n) is 8.16. The van der Waals surface area contributed by atoms with Crippen molar-refractivity contribution >= 4 is 92.1 Å². The van der Waals surface area contributed by atoms with E-state index in [9.17, 15) is 0 Å². The van der Waals surface area contributed by atoms with Gasteiger partial charge < -0.3 is 9.32 Å². The standard InChI is InChI=1S/C50H31NOS/c1-2-11-32(12-3-1)34-23-25-37(26-24-34)51(38-27-28-41-40-16-8-9-20-47(40)53-48(41)30-38)44-18-10-19-45-50(44)49-42-17-7-6-15-39(42)43(31-46(49)52-45)36-22-21-33-13-4-5-14-35(33)29-36/h1-31H. The minimum atomic E-state index is 0.868. The van der Waals surface area contributed by atoms with Crippen molar-refractivity contribution in [1.82, 2.24) is 0 Å². The van der Waals surface area contributed by atoms with Gasteiger partial charge in [0.1, 0.15) is 11.2 Å². The third kappa shape index (κ3) is 4.86. The summed E-state index contributed by atoms with van der Waals surface area (Å²) in [7, 11) is 0. The lowest BCUT2D eigenvalue weighted by Gasteiger charge is -2.26. The molecule has 0 N–H and O–H groups in total. The molecule has 0 saturated heterocycles. The van der Waals surface area contributed by atoms with Crippen LogP contribution >= 0.6 is 11.3 Å². The molecule has 0 aliphatic rings. The Hall–Kier alpha value is -6.68. The summed E-state index contributed by atoms with van der Waals surface area (Å²) in [5.74, 6) is 0. The minimum Gasteiger partial charge on any atom is -0.456 e. The van der Waals surface area contributed by atoms with Crippen LogP contribution in [0.4, 0.5) is 17.1 Å². The fraction of sp³-hybridized carbons (Fsp3) is 0. The van der Waals surface area contributed by atoms with E-state index in [0.29, 0.717) is 0 Å². The molecule has 3 heteroatoms. The number of nitrogens with zero attached hydrogens (tertiary/aromatic N) is 1. The highest BCUT2D eigenvalue weighted by Gasteiger charge is 2.23. The lowest BCUT2D eigenvalue weighted by molar-refractivity contribution is 0.669. The van der Waals surface area contributed by atoms with E-state index in [1.165, 1.54) is 64.0 Å². The van der Waals surface area contributed by atoms with Crippen LogP contribution in [0.15, 0.2) is 192 Å². The largest absolute Gasteiger partial charge is 0.456 e. The maximum Gasteiger partial charge on any atom is 0.137 e. The summed E-state index contributed by atoms with van der Waals surface area (Å²) in [6, 6.07) is 67.9. The number of thiophene rings is 1. The van der Waals surface area contributed by atoms with Crippen molar-refractivity contribution in [2.75, 3.05) is 4.90 Å². The topological polar surface area (TPSA) is 16.4 Å². The Morgan fingerprint density at radius 3 is 1.92 bits per heavy atom. The first kappa shape index (κ1) is 30.0. The first-order valence-corrected chi connectivity index (χ1v) is 18.8. The van der Waals surface area contributed by atoms with E-state index in [0.717, 1.165) is 39.0 Å². The van der Waals surface area contributed by atoms with Crippen molar-refractivity contribution in [3.63, 3.8) is 0 Å². The molecule has 0 radical (unpaired) electrons. The number of benzene rings is 9. The van der Waals surface area contributed by atoms with Crippen LogP contribution in [0.5, 0.6) is 0 Å². The van der Waals surface area contributed by atoms with Gasteiger partial charge in [-0.15, -0.1) is 11.3 Å². The van der Waals surface area contributed by atoms with Crippen LogP contribution in [0, 0.1) is 0 Å². The van der Waals surface area contributed by atoms with Gasteiger partial charge in [-0.1, -0.05) is 133 Å². The van der Waals surface area contributed by atoms with Gasteiger partial charge in [0.05, 0.1) is 11.1 Å². The van der Waals surface area contributed by atoms with Gasteiger partial charge in [-0.2, -0.15) is 0 Å². The summed E-state index contributed by atoms with van der Waals surface area (Å²) < 4.78 is 9.40. The van der Waals surface area contributed by atoms with Crippen LogP contribution in [0.2, 0.25) is 0 Å². The molecule has 0 amide bonds. The third-order valence-electron chi connectivity index (χ3n) is 10.6. The smallest absolute Gasteiger partial charge is 0.137 e. The molecule has 0 atom stereocenters. The predicted molar refractivity (Wildman–Crippen MR) is 227 cm³/mol. The van der Waals surface area contributed by atoms with Crippen molar-refractivity contribution in [3.05, 3.63) is 188 Å². The predicted octanol–water partition coefficient (Wildman–Crippen LogP) is 15.1. The number of hydrogen-bond donors (Lipinski definition) is 0. The Labute approximate surface area is 310 Å². The number of fused-ring (bicyclic) bond motifs is 9. The van der Waals surface area contributed by atoms with Gasteiger partial charge in [0.25, 0.3) is 0 Å². The maximum absolute atomic E-state index is 6.84. The summed E-state index contributed by atoms with van der Waals surface area (Å²) in [6.45, 7) is 0. The van der Waals surface area contributed by atoms with E-state index in [1.807, 2.05) is 11.3 Å². The Kier molecular flexibility index (Phi) is 6.76. The molecule has 53 heavy (non-hydrogen) atoms. The minimum absolute atomic E-state index is 0.868. The van der Waals surface area contributed by atoms with Crippen LogP contribution in [0.25, 0.3) is 85.9 Å². The summed E-state index contributed by atoms with van der Waals surface area (Å²) in [6.07, 6.45) is 0. The first-order chi connectivity index (χ1) is 26.3. The van der Waals surface area contributed by atoms with Crippen molar-refractivity contribution in [2.24, 2.45) is 0 Å². The second-order valence-electron chi connectivity index (χ2n) is 13.7. The molecule has 11 rings (SSSR count). The van der Waals surface area contributed by atoms with Crippen LogP contribution in [-0.4, -0.2) is 0 Å². The van der Waals surface area contributed by atoms with Crippen LogP contribution in [0.3, 0.4) is 0 Å². The van der Waals surface area contributed by atoms with Gasteiger partial charge in [-0.3, -0.25) is 0 Å². The molecule has 0 bridgehead atoms. The molecule has 2 heterocycles.